The zero-order chi connectivity index (χ0) is 8.97. The van der Waals surface area contributed by atoms with Gasteiger partial charge in [-0.25, -0.2) is 0 Å². The standard InChI is InChI=1S/C9H12ClNO/c1-7(6-12)4-9-3-2-8(10)5-11-9/h2-3,5,7,12H,4,6H2,1H3/t7-/m0/s1. The maximum atomic E-state index is 8.80. The predicted octanol–water partition coefficient (Wildman–Crippen LogP) is 1.91. The van der Waals surface area contributed by atoms with Gasteiger partial charge < -0.3 is 5.11 Å². The summed E-state index contributed by atoms with van der Waals surface area (Å²) in [6.07, 6.45) is 2.43. The summed E-state index contributed by atoms with van der Waals surface area (Å²) >= 11 is 5.67. The van der Waals surface area contributed by atoms with E-state index >= 15 is 0 Å². The number of aromatic nitrogens is 1. The minimum absolute atomic E-state index is 0.199. The first-order valence-electron chi connectivity index (χ1n) is 3.93. The van der Waals surface area contributed by atoms with Crippen LogP contribution in [0.2, 0.25) is 5.02 Å². The van der Waals surface area contributed by atoms with Gasteiger partial charge in [0, 0.05) is 18.5 Å². The van der Waals surface area contributed by atoms with Crippen LogP contribution in [0.4, 0.5) is 0 Å². The Balaban J connectivity index is 2.58. The van der Waals surface area contributed by atoms with Crippen LogP contribution in [0.1, 0.15) is 12.6 Å². The van der Waals surface area contributed by atoms with E-state index in [4.69, 9.17) is 16.7 Å². The van der Waals surface area contributed by atoms with E-state index < -0.39 is 0 Å². The van der Waals surface area contributed by atoms with Crippen molar-refractivity contribution in [2.24, 2.45) is 5.92 Å². The van der Waals surface area contributed by atoms with E-state index in [1.807, 2.05) is 19.1 Å². The van der Waals surface area contributed by atoms with Crippen molar-refractivity contribution in [2.75, 3.05) is 6.61 Å². The van der Waals surface area contributed by atoms with Crippen LogP contribution in [0, 0.1) is 5.92 Å². The third-order valence-electron chi connectivity index (χ3n) is 1.66. The highest BCUT2D eigenvalue weighted by molar-refractivity contribution is 6.30. The fourth-order valence-corrected chi connectivity index (χ4v) is 1.06. The Kier molecular flexibility index (Phi) is 3.50. The second-order valence-electron chi connectivity index (χ2n) is 2.96. The molecule has 0 fully saturated rings. The van der Waals surface area contributed by atoms with Crippen molar-refractivity contribution in [3.05, 3.63) is 29.0 Å². The summed E-state index contributed by atoms with van der Waals surface area (Å²) in [5.41, 5.74) is 0.973. The minimum Gasteiger partial charge on any atom is -0.396 e. The third kappa shape index (κ3) is 2.80. The summed E-state index contributed by atoms with van der Waals surface area (Å²) in [5.74, 6) is 0.263. The molecule has 1 aromatic rings. The number of pyridine rings is 1. The lowest BCUT2D eigenvalue weighted by Gasteiger charge is -2.05. The van der Waals surface area contributed by atoms with Crippen molar-refractivity contribution < 1.29 is 5.11 Å². The summed E-state index contributed by atoms with van der Waals surface area (Å²) in [6, 6.07) is 3.70. The molecule has 0 aliphatic carbocycles. The molecule has 1 rings (SSSR count). The van der Waals surface area contributed by atoms with Crippen molar-refractivity contribution in [1.29, 1.82) is 0 Å². The number of halogens is 1. The van der Waals surface area contributed by atoms with Gasteiger partial charge in [-0.2, -0.15) is 0 Å². The average molecular weight is 186 g/mol. The molecular formula is C9H12ClNO. The van der Waals surface area contributed by atoms with E-state index in [1.165, 1.54) is 0 Å². The van der Waals surface area contributed by atoms with Crippen molar-refractivity contribution in [3.8, 4) is 0 Å². The van der Waals surface area contributed by atoms with Crippen molar-refractivity contribution in [1.82, 2.24) is 4.98 Å². The fraction of sp³-hybridized carbons (Fsp3) is 0.444. The largest absolute Gasteiger partial charge is 0.396 e. The molecule has 2 nitrogen and oxygen atoms in total. The summed E-state index contributed by atoms with van der Waals surface area (Å²) in [5, 5.41) is 9.45. The maximum absolute atomic E-state index is 8.80. The number of aliphatic hydroxyl groups is 1. The molecule has 0 saturated carbocycles. The van der Waals surface area contributed by atoms with Gasteiger partial charge in [0.15, 0.2) is 0 Å². The van der Waals surface area contributed by atoms with Gasteiger partial charge in [-0.05, 0) is 24.5 Å². The topological polar surface area (TPSA) is 33.1 Å². The first kappa shape index (κ1) is 9.49. The van der Waals surface area contributed by atoms with Gasteiger partial charge in [0.05, 0.1) is 5.02 Å². The molecule has 0 aliphatic rings. The fourth-order valence-electron chi connectivity index (χ4n) is 0.949. The molecule has 0 radical (unpaired) electrons. The zero-order valence-electron chi connectivity index (χ0n) is 7.00. The van der Waals surface area contributed by atoms with Crippen LogP contribution in [-0.4, -0.2) is 16.7 Å². The number of hydrogen-bond donors (Lipinski definition) is 1. The second kappa shape index (κ2) is 4.43. The number of aliphatic hydroxyl groups excluding tert-OH is 1. The Bertz CT molecular complexity index is 235. The van der Waals surface area contributed by atoms with Gasteiger partial charge in [-0.1, -0.05) is 18.5 Å². The number of hydrogen-bond acceptors (Lipinski definition) is 2. The predicted molar refractivity (Wildman–Crippen MR) is 49.2 cm³/mol. The van der Waals surface area contributed by atoms with Crippen molar-refractivity contribution in [3.63, 3.8) is 0 Å². The Labute approximate surface area is 77.2 Å². The van der Waals surface area contributed by atoms with Crippen LogP contribution in [0.5, 0.6) is 0 Å². The molecule has 0 spiro atoms. The van der Waals surface area contributed by atoms with E-state index in [0.717, 1.165) is 12.1 Å². The smallest absolute Gasteiger partial charge is 0.0589 e. The van der Waals surface area contributed by atoms with Gasteiger partial charge in [0.1, 0.15) is 0 Å². The summed E-state index contributed by atoms with van der Waals surface area (Å²) in [7, 11) is 0. The Morgan fingerprint density at radius 1 is 1.58 bits per heavy atom. The molecular weight excluding hydrogens is 174 g/mol. The van der Waals surface area contributed by atoms with E-state index in [1.54, 1.807) is 6.20 Å². The number of nitrogens with zero attached hydrogens (tertiary/aromatic N) is 1. The van der Waals surface area contributed by atoms with Crippen LogP contribution in [0.15, 0.2) is 18.3 Å². The monoisotopic (exact) mass is 185 g/mol. The minimum atomic E-state index is 0.199. The molecule has 1 atom stereocenters. The summed E-state index contributed by atoms with van der Waals surface area (Å²) in [4.78, 5) is 4.12. The first-order chi connectivity index (χ1) is 5.72. The van der Waals surface area contributed by atoms with Crippen LogP contribution >= 0.6 is 11.6 Å². The van der Waals surface area contributed by atoms with Gasteiger partial charge in [-0.15, -0.1) is 0 Å². The number of rotatable bonds is 3. The Morgan fingerprint density at radius 2 is 2.33 bits per heavy atom. The molecule has 0 aromatic carbocycles. The molecule has 66 valence electrons. The Hall–Kier alpha value is -0.600. The lowest BCUT2D eigenvalue weighted by atomic mass is 10.1. The van der Waals surface area contributed by atoms with Crippen LogP contribution in [0.3, 0.4) is 0 Å². The zero-order valence-corrected chi connectivity index (χ0v) is 7.75. The molecule has 0 saturated heterocycles. The third-order valence-corrected chi connectivity index (χ3v) is 1.88. The molecule has 0 unspecified atom stereocenters. The second-order valence-corrected chi connectivity index (χ2v) is 3.40. The summed E-state index contributed by atoms with van der Waals surface area (Å²) in [6.45, 7) is 2.18. The molecule has 0 bridgehead atoms. The van der Waals surface area contributed by atoms with Crippen molar-refractivity contribution in [2.45, 2.75) is 13.3 Å². The van der Waals surface area contributed by atoms with Crippen LogP contribution in [-0.2, 0) is 6.42 Å². The van der Waals surface area contributed by atoms with E-state index in [9.17, 15) is 0 Å². The average Bonchev–Trinajstić information content (AvgIpc) is 2.09. The molecule has 1 aromatic heterocycles. The maximum Gasteiger partial charge on any atom is 0.0589 e. The van der Waals surface area contributed by atoms with Gasteiger partial charge >= 0.3 is 0 Å². The highest BCUT2D eigenvalue weighted by Crippen LogP contribution is 2.09. The van der Waals surface area contributed by atoms with E-state index in [-0.39, 0.29) is 12.5 Å². The SMILES string of the molecule is C[C@H](CO)Cc1ccc(Cl)cn1. The van der Waals surface area contributed by atoms with Crippen molar-refractivity contribution >= 4 is 11.6 Å². The first-order valence-corrected chi connectivity index (χ1v) is 4.31. The van der Waals surface area contributed by atoms with E-state index in [0.29, 0.717) is 5.02 Å². The lowest BCUT2D eigenvalue weighted by molar-refractivity contribution is 0.236. The summed E-state index contributed by atoms with van der Waals surface area (Å²) < 4.78 is 0. The molecule has 0 aliphatic heterocycles. The quantitative estimate of drug-likeness (QED) is 0.781. The molecule has 1 N–H and O–H groups in total. The van der Waals surface area contributed by atoms with Crippen LogP contribution in [0.25, 0.3) is 0 Å². The molecule has 1 heterocycles. The van der Waals surface area contributed by atoms with Crippen LogP contribution < -0.4 is 0 Å². The molecule has 12 heavy (non-hydrogen) atoms. The van der Waals surface area contributed by atoms with Gasteiger partial charge in [0.25, 0.3) is 0 Å². The van der Waals surface area contributed by atoms with E-state index in [2.05, 4.69) is 4.98 Å². The Morgan fingerprint density at radius 3 is 2.83 bits per heavy atom. The highest BCUT2D eigenvalue weighted by Gasteiger charge is 2.02. The normalized spacial score (nSPS) is 12.9. The highest BCUT2D eigenvalue weighted by atomic mass is 35.5. The van der Waals surface area contributed by atoms with Gasteiger partial charge in [0.2, 0.25) is 0 Å². The molecule has 3 heteroatoms. The molecule has 0 amide bonds. The lowest BCUT2D eigenvalue weighted by Crippen LogP contribution is -2.05. The van der Waals surface area contributed by atoms with Gasteiger partial charge in [-0.3, -0.25) is 4.98 Å².